The minimum Gasteiger partial charge on any atom is -0.507 e. The van der Waals surface area contributed by atoms with Crippen LogP contribution >= 0.6 is 23.2 Å². The number of benzene rings is 2. The molecule has 2 aromatic rings. The molecule has 0 unspecified atom stereocenters. The maximum Gasteiger partial charge on any atom is 0.410 e. The van der Waals surface area contributed by atoms with Crippen molar-refractivity contribution in [2.45, 2.75) is 45.3 Å². The Bertz CT molecular complexity index is 999. The van der Waals surface area contributed by atoms with Gasteiger partial charge in [-0.15, -0.1) is 0 Å². The summed E-state index contributed by atoms with van der Waals surface area (Å²) in [6.45, 7) is 6.78. The number of halogens is 2. The molecule has 0 atom stereocenters. The van der Waals surface area contributed by atoms with E-state index in [1.807, 2.05) is 26.8 Å². The third-order valence-corrected chi connectivity index (χ3v) is 5.49. The van der Waals surface area contributed by atoms with Gasteiger partial charge < -0.3 is 25.4 Å². The number of amides is 2. The fraction of sp³-hybridized carbons (Fsp3) is 0.391. The number of hydrogen-bond donors (Lipinski definition) is 3. The molecule has 172 valence electrons. The lowest BCUT2D eigenvalue weighted by Gasteiger charge is -2.34. The van der Waals surface area contributed by atoms with Crippen LogP contribution < -0.4 is 10.6 Å². The van der Waals surface area contributed by atoms with E-state index in [2.05, 4.69) is 10.6 Å². The van der Waals surface area contributed by atoms with E-state index >= 15 is 0 Å². The lowest BCUT2D eigenvalue weighted by atomic mass is 10.0. The molecule has 2 aromatic carbocycles. The van der Waals surface area contributed by atoms with Gasteiger partial charge in [-0.05, 0) is 70.0 Å². The van der Waals surface area contributed by atoms with Crippen LogP contribution in [-0.2, 0) is 4.74 Å². The number of anilines is 2. The van der Waals surface area contributed by atoms with Crippen LogP contribution in [-0.4, -0.2) is 46.7 Å². The predicted molar refractivity (Wildman–Crippen MR) is 127 cm³/mol. The molecule has 1 aliphatic rings. The van der Waals surface area contributed by atoms with E-state index in [0.29, 0.717) is 28.8 Å². The molecule has 0 radical (unpaired) electrons. The monoisotopic (exact) mass is 479 g/mol. The number of likely N-dealkylation sites (tertiary alicyclic amines) is 1. The summed E-state index contributed by atoms with van der Waals surface area (Å²) in [4.78, 5) is 26.4. The molecule has 3 N–H and O–H groups in total. The second-order valence-electron chi connectivity index (χ2n) is 8.70. The number of phenols is 1. The zero-order valence-corrected chi connectivity index (χ0v) is 19.8. The molecule has 0 saturated carbocycles. The molecular weight excluding hydrogens is 453 g/mol. The number of hydrogen-bond acceptors (Lipinski definition) is 5. The van der Waals surface area contributed by atoms with Crippen LogP contribution in [0.1, 0.15) is 44.0 Å². The van der Waals surface area contributed by atoms with Crippen LogP contribution in [0.5, 0.6) is 5.75 Å². The smallest absolute Gasteiger partial charge is 0.410 e. The minimum absolute atomic E-state index is 0.0625. The Kier molecular flexibility index (Phi) is 7.41. The summed E-state index contributed by atoms with van der Waals surface area (Å²) in [5, 5.41) is 16.7. The van der Waals surface area contributed by atoms with E-state index in [1.165, 1.54) is 18.2 Å². The third kappa shape index (κ3) is 6.43. The maximum absolute atomic E-state index is 12.5. The molecule has 9 heteroatoms. The maximum atomic E-state index is 12.5. The summed E-state index contributed by atoms with van der Waals surface area (Å²) >= 11 is 12.3. The minimum atomic E-state index is -0.512. The summed E-state index contributed by atoms with van der Waals surface area (Å²) in [7, 11) is 0. The van der Waals surface area contributed by atoms with Crippen LogP contribution in [0.25, 0.3) is 0 Å². The molecular formula is C23H27Cl2N3O4. The first-order valence-electron chi connectivity index (χ1n) is 10.4. The lowest BCUT2D eigenvalue weighted by Crippen LogP contribution is -2.44. The van der Waals surface area contributed by atoms with Gasteiger partial charge in [0.1, 0.15) is 11.4 Å². The van der Waals surface area contributed by atoms with E-state index in [1.54, 1.807) is 17.0 Å². The Hall–Kier alpha value is -2.64. The third-order valence-electron chi connectivity index (χ3n) is 4.94. The van der Waals surface area contributed by atoms with Crippen LogP contribution in [0.4, 0.5) is 16.2 Å². The molecule has 0 aliphatic carbocycles. The molecule has 0 aromatic heterocycles. The van der Waals surface area contributed by atoms with Gasteiger partial charge in [0.2, 0.25) is 0 Å². The van der Waals surface area contributed by atoms with Crippen molar-refractivity contribution in [2.24, 2.45) is 0 Å². The van der Waals surface area contributed by atoms with Crippen molar-refractivity contribution in [1.82, 2.24) is 4.90 Å². The molecule has 1 heterocycles. The Labute approximate surface area is 197 Å². The molecule has 1 saturated heterocycles. The van der Waals surface area contributed by atoms with Gasteiger partial charge in [-0.1, -0.05) is 23.2 Å². The molecule has 0 bridgehead atoms. The normalized spacial score (nSPS) is 14.7. The molecule has 32 heavy (non-hydrogen) atoms. The van der Waals surface area contributed by atoms with E-state index in [0.717, 1.165) is 18.5 Å². The lowest BCUT2D eigenvalue weighted by molar-refractivity contribution is 0.0210. The first-order valence-corrected chi connectivity index (χ1v) is 11.1. The van der Waals surface area contributed by atoms with Gasteiger partial charge in [0.05, 0.1) is 16.3 Å². The Morgan fingerprint density at radius 3 is 2.41 bits per heavy atom. The number of piperidine rings is 1. The Morgan fingerprint density at radius 1 is 1.09 bits per heavy atom. The summed E-state index contributed by atoms with van der Waals surface area (Å²) in [6.07, 6.45) is 1.28. The average molecular weight is 480 g/mol. The van der Waals surface area contributed by atoms with Crippen LogP contribution in [0.2, 0.25) is 10.0 Å². The number of carbonyl (C=O) groups excluding carboxylic acids is 2. The van der Waals surface area contributed by atoms with Crippen molar-refractivity contribution in [3.63, 3.8) is 0 Å². The summed E-state index contributed by atoms with van der Waals surface area (Å²) in [6, 6.07) is 9.68. The van der Waals surface area contributed by atoms with Crippen molar-refractivity contribution < 1.29 is 19.4 Å². The first-order chi connectivity index (χ1) is 15.0. The van der Waals surface area contributed by atoms with Gasteiger partial charge in [0, 0.05) is 29.8 Å². The molecule has 2 amide bonds. The van der Waals surface area contributed by atoms with Crippen LogP contribution in [0.15, 0.2) is 36.4 Å². The summed E-state index contributed by atoms with van der Waals surface area (Å²) in [5.74, 6) is -0.679. The molecule has 1 aliphatic heterocycles. The highest BCUT2D eigenvalue weighted by Crippen LogP contribution is 2.29. The highest BCUT2D eigenvalue weighted by molar-refractivity contribution is 6.34. The SMILES string of the molecule is CC(C)(C)OC(=O)N1CCC(Nc2ccc(NC(=O)c3cc(Cl)ccc3O)c(Cl)c2)CC1. The molecule has 7 nitrogen and oxygen atoms in total. The second kappa shape index (κ2) is 9.88. The van der Waals surface area contributed by atoms with E-state index in [4.69, 9.17) is 27.9 Å². The molecule has 3 rings (SSSR count). The number of nitrogens with one attached hydrogen (secondary N) is 2. The van der Waals surface area contributed by atoms with Crippen molar-refractivity contribution in [3.8, 4) is 5.75 Å². The number of rotatable bonds is 4. The fourth-order valence-corrected chi connectivity index (χ4v) is 3.75. The molecule has 1 fully saturated rings. The second-order valence-corrected chi connectivity index (χ2v) is 9.54. The number of nitrogens with zero attached hydrogens (tertiary/aromatic N) is 1. The first kappa shape index (κ1) is 24.0. The zero-order valence-electron chi connectivity index (χ0n) is 18.2. The average Bonchev–Trinajstić information content (AvgIpc) is 2.71. The highest BCUT2D eigenvalue weighted by atomic mass is 35.5. The summed E-state index contributed by atoms with van der Waals surface area (Å²) in [5.41, 5.74) is 0.786. The van der Waals surface area contributed by atoms with Crippen molar-refractivity contribution in [1.29, 1.82) is 0 Å². The van der Waals surface area contributed by atoms with Gasteiger partial charge >= 0.3 is 6.09 Å². The number of aromatic hydroxyl groups is 1. The van der Waals surface area contributed by atoms with Gasteiger partial charge in [0.25, 0.3) is 5.91 Å². The quantitative estimate of drug-likeness (QED) is 0.518. The van der Waals surface area contributed by atoms with Crippen molar-refractivity contribution >= 4 is 46.6 Å². The topological polar surface area (TPSA) is 90.9 Å². The van der Waals surface area contributed by atoms with E-state index in [-0.39, 0.29) is 23.4 Å². The van der Waals surface area contributed by atoms with Gasteiger partial charge in [-0.3, -0.25) is 4.79 Å². The van der Waals surface area contributed by atoms with Crippen molar-refractivity contribution in [2.75, 3.05) is 23.7 Å². The van der Waals surface area contributed by atoms with Crippen LogP contribution in [0, 0.1) is 0 Å². The van der Waals surface area contributed by atoms with Crippen molar-refractivity contribution in [3.05, 3.63) is 52.0 Å². The predicted octanol–water partition coefficient (Wildman–Crippen LogP) is 5.76. The number of ether oxygens (including phenoxy) is 1. The standard InChI is InChI=1S/C23H27Cl2N3O4/c1-23(2,3)32-22(31)28-10-8-15(9-11-28)26-16-5-6-19(18(25)13-16)27-21(30)17-12-14(24)4-7-20(17)29/h4-7,12-13,15,26,29H,8-11H2,1-3H3,(H,27,30). The highest BCUT2D eigenvalue weighted by Gasteiger charge is 2.27. The number of carbonyl (C=O) groups is 2. The van der Waals surface area contributed by atoms with E-state index < -0.39 is 11.5 Å². The zero-order chi connectivity index (χ0) is 23.5. The van der Waals surface area contributed by atoms with Gasteiger partial charge in [-0.2, -0.15) is 0 Å². The van der Waals surface area contributed by atoms with Crippen LogP contribution in [0.3, 0.4) is 0 Å². The number of phenolic OH excluding ortho intramolecular Hbond substituents is 1. The van der Waals surface area contributed by atoms with Gasteiger partial charge in [-0.25, -0.2) is 4.79 Å². The van der Waals surface area contributed by atoms with Gasteiger partial charge in [0.15, 0.2) is 0 Å². The Balaban J connectivity index is 1.56. The molecule has 0 spiro atoms. The summed E-state index contributed by atoms with van der Waals surface area (Å²) < 4.78 is 5.43. The largest absolute Gasteiger partial charge is 0.507 e. The Morgan fingerprint density at radius 2 is 1.78 bits per heavy atom. The fourth-order valence-electron chi connectivity index (χ4n) is 3.35. The van der Waals surface area contributed by atoms with E-state index in [9.17, 15) is 14.7 Å².